The Morgan fingerprint density at radius 3 is 2.65 bits per heavy atom. The number of ether oxygens (including phenoxy) is 1. The van der Waals surface area contributed by atoms with Crippen molar-refractivity contribution in [1.29, 1.82) is 0 Å². The lowest BCUT2D eigenvalue weighted by atomic mass is 10.2. The molecule has 0 bridgehead atoms. The van der Waals surface area contributed by atoms with Gasteiger partial charge in [0.2, 0.25) is 0 Å². The van der Waals surface area contributed by atoms with Crippen LogP contribution >= 0.6 is 23.4 Å². The van der Waals surface area contributed by atoms with Crippen LogP contribution in [0.5, 0.6) is 5.75 Å². The van der Waals surface area contributed by atoms with E-state index in [-0.39, 0.29) is 5.56 Å². The molecule has 122 valence electrons. The molecule has 0 heterocycles. The van der Waals surface area contributed by atoms with Crippen LogP contribution in [0.25, 0.3) is 0 Å². The molecular formula is C17H17ClFNO2S. The van der Waals surface area contributed by atoms with E-state index in [1.54, 1.807) is 17.8 Å². The monoisotopic (exact) mass is 353 g/mol. The summed E-state index contributed by atoms with van der Waals surface area (Å²) in [7, 11) is 1.45. The lowest BCUT2D eigenvalue weighted by Gasteiger charge is -2.07. The van der Waals surface area contributed by atoms with Gasteiger partial charge in [0.1, 0.15) is 11.6 Å². The number of hydrogen-bond donors (Lipinski definition) is 1. The van der Waals surface area contributed by atoms with Crippen molar-refractivity contribution in [1.82, 2.24) is 5.32 Å². The molecule has 1 amide bonds. The number of halogens is 2. The molecule has 2 aromatic rings. The van der Waals surface area contributed by atoms with Crippen LogP contribution in [0.15, 0.2) is 42.5 Å². The molecule has 0 aromatic heterocycles. The van der Waals surface area contributed by atoms with Crippen LogP contribution in [0, 0.1) is 5.82 Å². The average Bonchev–Trinajstić information content (AvgIpc) is 2.55. The third-order valence-electron chi connectivity index (χ3n) is 3.13. The lowest BCUT2D eigenvalue weighted by molar-refractivity contribution is 0.0952. The minimum Gasteiger partial charge on any atom is -0.497 e. The second-order valence-corrected chi connectivity index (χ2v) is 6.32. The van der Waals surface area contributed by atoms with Gasteiger partial charge in [0.15, 0.2) is 0 Å². The number of benzene rings is 2. The Morgan fingerprint density at radius 1 is 1.26 bits per heavy atom. The van der Waals surface area contributed by atoms with Gasteiger partial charge in [-0.2, -0.15) is 11.8 Å². The van der Waals surface area contributed by atoms with Crippen molar-refractivity contribution >= 4 is 29.3 Å². The van der Waals surface area contributed by atoms with E-state index in [0.717, 1.165) is 11.5 Å². The molecule has 0 atom stereocenters. The predicted octanol–water partition coefficient (Wildman–Crippen LogP) is 4.15. The van der Waals surface area contributed by atoms with E-state index in [9.17, 15) is 9.18 Å². The molecule has 0 spiro atoms. The highest BCUT2D eigenvalue weighted by molar-refractivity contribution is 7.98. The molecule has 0 radical (unpaired) electrons. The molecule has 0 unspecified atom stereocenters. The van der Waals surface area contributed by atoms with Crippen LogP contribution in [0.4, 0.5) is 4.39 Å². The van der Waals surface area contributed by atoms with Gasteiger partial charge in [0.25, 0.3) is 5.91 Å². The summed E-state index contributed by atoms with van der Waals surface area (Å²) in [5.41, 5.74) is 1.19. The Morgan fingerprint density at radius 2 is 2.00 bits per heavy atom. The zero-order valence-corrected chi connectivity index (χ0v) is 14.2. The number of carbonyl (C=O) groups is 1. The number of hydrogen-bond acceptors (Lipinski definition) is 3. The Hall–Kier alpha value is -1.72. The number of methoxy groups -OCH3 is 1. The molecule has 6 heteroatoms. The maximum atomic E-state index is 13.8. The standard InChI is InChI=1S/C17H17ClFNO2S/c1-22-14-6-7-15(16(19)10-14)17(21)20-8-9-23-11-12-2-4-13(18)5-3-12/h2-7,10H,8-9,11H2,1H3,(H,20,21). The van der Waals surface area contributed by atoms with Crippen molar-refractivity contribution in [3.05, 3.63) is 64.4 Å². The van der Waals surface area contributed by atoms with Gasteiger partial charge in [0, 0.05) is 29.1 Å². The number of rotatable bonds is 7. The molecule has 0 aliphatic rings. The fourth-order valence-corrected chi connectivity index (χ4v) is 2.85. The Kier molecular flexibility index (Phi) is 6.74. The van der Waals surface area contributed by atoms with Crippen molar-refractivity contribution in [3.63, 3.8) is 0 Å². The van der Waals surface area contributed by atoms with Crippen LogP contribution in [0.1, 0.15) is 15.9 Å². The first kappa shape index (κ1) is 17.6. The van der Waals surface area contributed by atoms with Gasteiger partial charge in [-0.1, -0.05) is 23.7 Å². The summed E-state index contributed by atoms with van der Waals surface area (Å²) in [4.78, 5) is 11.9. The van der Waals surface area contributed by atoms with Gasteiger partial charge in [-0.25, -0.2) is 4.39 Å². The molecule has 0 aliphatic carbocycles. The fourth-order valence-electron chi connectivity index (χ4n) is 1.91. The number of amides is 1. The van der Waals surface area contributed by atoms with E-state index in [0.29, 0.717) is 17.3 Å². The molecule has 0 aliphatic heterocycles. The summed E-state index contributed by atoms with van der Waals surface area (Å²) < 4.78 is 18.7. The lowest BCUT2D eigenvalue weighted by Crippen LogP contribution is -2.26. The topological polar surface area (TPSA) is 38.3 Å². The average molecular weight is 354 g/mol. The van der Waals surface area contributed by atoms with Gasteiger partial charge in [-0.15, -0.1) is 0 Å². The van der Waals surface area contributed by atoms with Crippen molar-refractivity contribution in [2.45, 2.75) is 5.75 Å². The van der Waals surface area contributed by atoms with Crippen LogP contribution < -0.4 is 10.1 Å². The number of nitrogens with one attached hydrogen (secondary N) is 1. The zero-order valence-electron chi connectivity index (χ0n) is 12.6. The van der Waals surface area contributed by atoms with Crippen LogP contribution in [-0.2, 0) is 5.75 Å². The van der Waals surface area contributed by atoms with E-state index in [2.05, 4.69) is 5.32 Å². The Labute approximate surface area is 144 Å². The van der Waals surface area contributed by atoms with Crippen LogP contribution in [0.2, 0.25) is 5.02 Å². The summed E-state index contributed by atoms with van der Waals surface area (Å²) in [5.74, 6) is 0.960. The van der Waals surface area contributed by atoms with Crippen molar-refractivity contribution in [3.8, 4) is 5.75 Å². The number of thioether (sulfide) groups is 1. The van der Waals surface area contributed by atoms with E-state index >= 15 is 0 Å². The quantitative estimate of drug-likeness (QED) is 0.760. The molecular weight excluding hydrogens is 337 g/mol. The molecule has 23 heavy (non-hydrogen) atoms. The third kappa shape index (κ3) is 5.44. The molecule has 2 rings (SSSR count). The minimum absolute atomic E-state index is 0.0218. The van der Waals surface area contributed by atoms with Gasteiger partial charge in [-0.05, 0) is 29.8 Å². The highest BCUT2D eigenvalue weighted by atomic mass is 35.5. The maximum Gasteiger partial charge on any atom is 0.254 e. The molecule has 0 saturated carbocycles. The van der Waals surface area contributed by atoms with E-state index in [4.69, 9.17) is 16.3 Å². The molecule has 0 fully saturated rings. The second kappa shape index (κ2) is 8.79. The van der Waals surface area contributed by atoms with Crippen molar-refractivity contribution in [2.24, 2.45) is 0 Å². The van der Waals surface area contributed by atoms with Gasteiger partial charge < -0.3 is 10.1 Å². The van der Waals surface area contributed by atoms with E-state index < -0.39 is 11.7 Å². The summed E-state index contributed by atoms with van der Waals surface area (Å²) >= 11 is 7.52. The normalized spacial score (nSPS) is 10.4. The summed E-state index contributed by atoms with van der Waals surface area (Å²) in [5, 5.41) is 3.43. The summed E-state index contributed by atoms with van der Waals surface area (Å²) in [6.45, 7) is 0.475. The van der Waals surface area contributed by atoms with E-state index in [1.807, 2.05) is 24.3 Å². The zero-order chi connectivity index (χ0) is 16.7. The first-order valence-corrected chi connectivity index (χ1v) is 8.57. The van der Waals surface area contributed by atoms with E-state index in [1.165, 1.54) is 24.8 Å². The first-order valence-electron chi connectivity index (χ1n) is 7.04. The highest BCUT2D eigenvalue weighted by Crippen LogP contribution is 2.17. The van der Waals surface area contributed by atoms with Crippen LogP contribution in [0.3, 0.4) is 0 Å². The van der Waals surface area contributed by atoms with Gasteiger partial charge in [0.05, 0.1) is 12.7 Å². The largest absolute Gasteiger partial charge is 0.497 e. The SMILES string of the molecule is COc1ccc(C(=O)NCCSCc2ccc(Cl)cc2)c(F)c1. The summed E-state index contributed by atoms with van der Waals surface area (Å²) in [6, 6.07) is 11.8. The smallest absolute Gasteiger partial charge is 0.254 e. The van der Waals surface area contributed by atoms with Crippen molar-refractivity contribution < 1.29 is 13.9 Å². The fraction of sp³-hybridized carbons (Fsp3) is 0.235. The molecule has 0 saturated heterocycles. The minimum atomic E-state index is -0.587. The highest BCUT2D eigenvalue weighted by Gasteiger charge is 2.11. The third-order valence-corrected chi connectivity index (χ3v) is 4.42. The Balaban J connectivity index is 1.73. The second-order valence-electron chi connectivity index (χ2n) is 4.78. The number of carbonyl (C=O) groups excluding carboxylic acids is 1. The predicted molar refractivity (Wildman–Crippen MR) is 92.9 cm³/mol. The van der Waals surface area contributed by atoms with Crippen LogP contribution in [-0.4, -0.2) is 25.3 Å². The van der Waals surface area contributed by atoms with Gasteiger partial charge in [-0.3, -0.25) is 4.79 Å². The first-order chi connectivity index (χ1) is 11.1. The summed E-state index contributed by atoms with van der Waals surface area (Å²) in [6.07, 6.45) is 0. The molecule has 1 N–H and O–H groups in total. The maximum absolute atomic E-state index is 13.8. The van der Waals surface area contributed by atoms with Crippen molar-refractivity contribution in [2.75, 3.05) is 19.4 Å². The Bertz CT molecular complexity index is 664. The molecule has 3 nitrogen and oxygen atoms in total. The van der Waals surface area contributed by atoms with Gasteiger partial charge >= 0.3 is 0 Å². The molecule has 2 aromatic carbocycles.